The van der Waals surface area contributed by atoms with E-state index in [-0.39, 0.29) is 0 Å². The first-order chi connectivity index (χ1) is 10.1. The van der Waals surface area contributed by atoms with Gasteiger partial charge in [-0.1, -0.05) is 23.8 Å². The SMILES string of the molecule is Cc1cc(C)c(N2C=CN(Cc3ccccn3)C2)c(C)c1. The van der Waals surface area contributed by atoms with Gasteiger partial charge in [-0.3, -0.25) is 4.98 Å². The van der Waals surface area contributed by atoms with Crippen molar-refractivity contribution in [2.75, 3.05) is 11.6 Å². The topological polar surface area (TPSA) is 19.4 Å². The summed E-state index contributed by atoms with van der Waals surface area (Å²) >= 11 is 0. The summed E-state index contributed by atoms with van der Waals surface area (Å²) in [7, 11) is 0. The van der Waals surface area contributed by atoms with E-state index in [9.17, 15) is 0 Å². The Bertz CT molecular complexity index is 638. The lowest BCUT2D eigenvalue weighted by molar-refractivity contribution is 0.394. The van der Waals surface area contributed by atoms with Crippen LogP contribution in [0.3, 0.4) is 0 Å². The van der Waals surface area contributed by atoms with Crippen LogP contribution in [0.5, 0.6) is 0 Å². The largest absolute Gasteiger partial charge is 0.352 e. The van der Waals surface area contributed by atoms with Gasteiger partial charge in [-0.2, -0.15) is 0 Å². The van der Waals surface area contributed by atoms with Gasteiger partial charge in [0.15, 0.2) is 0 Å². The van der Waals surface area contributed by atoms with Crippen molar-refractivity contribution >= 4 is 5.69 Å². The van der Waals surface area contributed by atoms with Crippen LogP contribution in [0, 0.1) is 20.8 Å². The Kier molecular flexibility index (Phi) is 3.65. The van der Waals surface area contributed by atoms with E-state index in [0.717, 1.165) is 18.9 Å². The van der Waals surface area contributed by atoms with Crippen molar-refractivity contribution in [3.8, 4) is 0 Å². The molecule has 0 bridgehead atoms. The van der Waals surface area contributed by atoms with Crippen molar-refractivity contribution in [2.24, 2.45) is 0 Å². The molecule has 0 N–H and O–H groups in total. The van der Waals surface area contributed by atoms with E-state index in [0.29, 0.717) is 0 Å². The van der Waals surface area contributed by atoms with E-state index in [1.165, 1.54) is 22.4 Å². The fraction of sp³-hybridized carbons (Fsp3) is 0.278. The summed E-state index contributed by atoms with van der Waals surface area (Å²) in [5, 5.41) is 0. The maximum absolute atomic E-state index is 4.39. The summed E-state index contributed by atoms with van der Waals surface area (Å²) in [6, 6.07) is 10.6. The second-order valence-corrected chi connectivity index (χ2v) is 5.72. The lowest BCUT2D eigenvalue weighted by Crippen LogP contribution is -2.26. The van der Waals surface area contributed by atoms with Gasteiger partial charge in [0.05, 0.1) is 18.9 Å². The predicted molar refractivity (Wildman–Crippen MR) is 86.9 cm³/mol. The zero-order valence-corrected chi connectivity index (χ0v) is 12.9. The van der Waals surface area contributed by atoms with Crippen molar-refractivity contribution in [1.82, 2.24) is 9.88 Å². The zero-order valence-electron chi connectivity index (χ0n) is 12.9. The average Bonchev–Trinajstić information content (AvgIpc) is 2.87. The molecular weight excluding hydrogens is 258 g/mol. The molecule has 1 aliphatic rings. The number of hydrogen-bond acceptors (Lipinski definition) is 3. The maximum Gasteiger partial charge on any atom is 0.0946 e. The van der Waals surface area contributed by atoms with Gasteiger partial charge in [-0.15, -0.1) is 0 Å². The summed E-state index contributed by atoms with van der Waals surface area (Å²) in [4.78, 5) is 8.98. The van der Waals surface area contributed by atoms with E-state index in [1.54, 1.807) is 0 Å². The number of aryl methyl sites for hydroxylation is 3. The Morgan fingerprint density at radius 2 is 1.81 bits per heavy atom. The number of pyridine rings is 1. The number of hydrogen-bond donors (Lipinski definition) is 0. The molecule has 0 fully saturated rings. The van der Waals surface area contributed by atoms with Crippen molar-refractivity contribution in [2.45, 2.75) is 27.3 Å². The smallest absolute Gasteiger partial charge is 0.0946 e. The Balaban J connectivity index is 1.75. The van der Waals surface area contributed by atoms with Gasteiger partial charge in [-0.05, 0) is 44.0 Å². The van der Waals surface area contributed by atoms with Crippen molar-refractivity contribution in [3.63, 3.8) is 0 Å². The second-order valence-electron chi connectivity index (χ2n) is 5.72. The van der Waals surface area contributed by atoms with Crippen molar-refractivity contribution in [3.05, 3.63) is 71.3 Å². The quantitative estimate of drug-likeness (QED) is 0.853. The lowest BCUT2D eigenvalue weighted by Gasteiger charge is -2.24. The van der Waals surface area contributed by atoms with Crippen LogP contribution < -0.4 is 4.90 Å². The minimum absolute atomic E-state index is 0.845. The highest BCUT2D eigenvalue weighted by Gasteiger charge is 2.17. The third-order valence-corrected chi connectivity index (χ3v) is 3.81. The van der Waals surface area contributed by atoms with Gasteiger partial charge in [0, 0.05) is 24.3 Å². The Morgan fingerprint density at radius 3 is 2.48 bits per heavy atom. The summed E-state index contributed by atoms with van der Waals surface area (Å²) in [5.74, 6) is 0. The zero-order chi connectivity index (χ0) is 14.8. The van der Waals surface area contributed by atoms with E-state index in [1.807, 2.05) is 18.3 Å². The van der Waals surface area contributed by atoms with Crippen LogP contribution in [-0.2, 0) is 6.54 Å². The van der Waals surface area contributed by atoms with Crippen molar-refractivity contribution in [1.29, 1.82) is 0 Å². The van der Waals surface area contributed by atoms with Gasteiger partial charge >= 0.3 is 0 Å². The third kappa shape index (κ3) is 2.92. The number of aromatic nitrogens is 1. The molecule has 0 atom stereocenters. The summed E-state index contributed by atoms with van der Waals surface area (Å²) in [5.41, 5.74) is 6.40. The number of benzene rings is 1. The van der Waals surface area contributed by atoms with Gasteiger partial charge in [-0.25, -0.2) is 0 Å². The van der Waals surface area contributed by atoms with Crippen LogP contribution in [0.15, 0.2) is 48.9 Å². The molecular formula is C18H21N3. The highest BCUT2D eigenvalue weighted by Crippen LogP contribution is 2.29. The first-order valence-corrected chi connectivity index (χ1v) is 7.30. The average molecular weight is 279 g/mol. The predicted octanol–water partition coefficient (Wildman–Crippen LogP) is 3.76. The van der Waals surface area contributed by atoms with E-state index < -0.39 is 0 Å². The van der Waals surface area contributed by atoms with Gasteiger partial charge in [0.25, 0.3) is 0 Å². The minimum Gasteiger partial charge on any atom is -0.352 e. The van der Waals surface area contributed by atoms with Crippen LogP contribution in [0.1, 0.15) is 22.4 Å². The normalized spacial score (nSPS) is 14.0. The number of nitrogens with zero attached hydrogens (tertiary/aromatic N) is 3. The standard InChI is InChI=1S/C18H21N3/c1-14-10-15(2)18(16(3)11-14)21-9-8-20(13-21)12-17-6-4-5-7-19-17/h4-11H,12-13H2,1-3H3. The van der Waals surface area contributed by atoms with Crippen LogP contribution in [0.25, 0.3) is 0 Å². The monoisotopic (exact) mass is 279 g/mol. The fourth-order valence-electron chi connectivity index (χ4n) is 3.04. The highest BCUT2D eigenvalue weighted by atomic mass is 15.3. The molecule has 0 aliphatic carbocycles. The van der Waals surface area contributed by atoms with Gasteiger partial charge in [0.1, 0.15) is 0 Å². The molecule has 0 saturated carbocycles. The molecule has 2 aromatic rings. The molecule has 0 saturated heterocycles. The Hall–Kier alpha value is -2.29. The summed E-state index contributed by atoms with van der Waals surface area (Å²) in [6.07, 6.45) is 6.15. The molecule has 0 amide bonds. The molecule has 1 aromatic heterocycles. The van der Waals surface area contributed by atoms with Crippen LogP contribution in [-0.4, -0.2) is 16.6 Å². The molecule has 21 heavy (non-hydrogen) atoms. The van der Waals surface area contributed by atoms with Gasteiger partial charge < -0.3 is 9.80 Å². The molecule has 0 radical (unpaired) electrons. The van der Waals surface area contributed by atoms with E-state index >= 15 is 0 Å². The molecule has 108 valence electrons. The first-order valence-electron chi connectivity index (χ1n) is 7.30. The number of rotatable bonds is 3. The second kappa shape index (κ2) is 5.60. The fourth-order valence-corrected chi connectivity index (χ4v) is 3.04. The first kappa shape index (κ1) is 13.7. The minimum atomic E-state index is 0.845. The Morgan fingerprint density at radius 1 is 1.05 bits per heavy atom. The third-order valence-electron chi connectivity index (χ3n) is 3.81. The number of anilines is 1. The molecule has 3 rings (SSSR count). The highest BCUT2D eigenvalue weighted by molar-refractivity contribution is 5.62. The Labute approximate surface area is 126 Å². The molecule has 3 heteroatoms. The molecule has 2 heterocycles. The lowest BCUT2D eigenvalue weighted by atomic mass is 10.0. The van der Waals surface area contributed by atoms with E-state index in [2.05, 4.69) is 66.2 Å². The van der Waals surface area contributed by atoms with Crippen LogP contribution in [0.4, 0.5) is 5.69 Å². The molecule has 3 nitrogen and oxygen atoms in total. The van der Waals surface area contributed by atoms with Crippen molar-refractivity contribution < 1.29 is 0 Å². The molecule has 0 spiro atoms. The molecule has 0 unspecified atom stereocenters. The van der Waals surface area contributed by atoms with Crippen LogP contribution >= 0.6 is 0 Å². The molecule has 1 aromatic carbocycles. The van der Waals surface area contributed by atoms with Crippen LogP contribution in [0.2, 0.25) is 0 Å². The molecule has 1 aliphatic heterocycles. The summed E-state index contributed by atoms with van der Waals surface area (Å²) in [6.45, 7) is 8.24. The van der Waals surface area contributed by atoms with Gasteiger partial charge in [0.2, 0.25) is 0 Å². The maximum atomic E-state index is 4.39. The summed E-state index contributed by atoms with van der Waals surface area (Å²) < 4.78 is 0. The van der Waals surface area contributed by atoms with E-state index in [4.69, 9.17) is 0 Å².